The fourth-order valence-electron chi connectivity index (χ4n) is 2.35. The first kappa shape index (κ1) is 19.3. The lowest BCUT2D eigenvalue weighted by Gasteiger charge is -2.08. The van der Waals surface area contributed by atoms with Crippen molar-refractivity contribution in [2.24, 2.45) is 4.99 Å². The second kappa shape index (κ2) is 8.06. The van der Waals surface area contributed by atoms with Crippen LogP contribution in [0.2, 0.25) is 0 Å². The number of nitrogens with zero attached hydrogens (tertiary/aromatic N) is 1. The summed E-state index contributed by atoms with van der Waals surface area (Å²) < 4.78 is 16.7. The molecule has 0 atom stereocenters. The van der Waals surface area contributed by atoms with Crippen molar-refractivity contribution >= 4 is 55.8 Å². The molecule has 0 aromatic heterocycles. The largest absolute Gasteiger partial charge is 0.497 e. The number of hydrogen-bond donors (Lipinski definition) is 0. The molecule has 6 nitrogen and oxygen atoms in total. The maximum Gasteiger partial charge on any atom is 0.363 e. The number of carbonyl (C=O) groups is 2. The Bertz CT molecular complexity index is 974. The second-order valence-electron chi connectivity index (χ2n) is 5.48. The van der Waals surface area contributed by atoms with E-state index in [4.69, 9.17) is 14.2 Å². The van der Waals surface area contributed by atoms with E-state index in [0.717, 1.165) is 0 Å². The third-order valence-corrected chi connectivity index (χ3v) is 4.69. The summed E-state index contributed by atoms with van der Waals surface area (Å²) in [5.41, 5.74) is 1.47. The summed E-state index contributed by atoms with van der Waals surface area (Å²) >= 11 is 6.71. The lowest BCUT2D eigenvalue weighted by molar-refractivity contribution is -0.132. The number of benzene rings is 2. The number of esters is 2. The van der Waals surface area contributed by atoms with Crippen LogP contribution in [0.5, 0.6) is 11.5 Å². The van der Waals surface area contributed by atoms with Gasteiger partial charge in [-0.05, 0) is 73.8 Å². The third kappa shape index (κ3) is 4.45. The van der Waals surface area contributed by atoms with Gasteiger partial charge in [0.2, 0.25) is 5.90 Å². The highest BCUT2D eigenvalue weighted by molar-refractivity contribution is 9.11. The van der Waals surface area contributed by atoms with Gasteiger partial charge in [0, 0.05) is 12.5 Å². The topological polar surface area (TPSA) is 74.2 Å². The predicted molar refractivity (Wildman–Crippen MR) is 107 cm³/mol. The summed E-state index contributed by atoms with van der Waals surface area (Å²) in [5, 5.41) is 0. The van der Waals surface area contributed by atoms with Crippen molar-refractivity contribution in [3.8, 4) is 11.5 Å². The number of hydrogen-bond acceptors (Lipinski definition) is 6. The van der Waals surface area contributed by atoms with Gasteiger partial charge in [-0.3, -0.25) is 4.79 Å². The zero-order chi connectivity index (χ0) is 19.6. The molecule has 1 heterocycles. The van der Waals surface area contributed by atoms with Gasteiger partial charge < -0.3 is 14.2 Å². The Labute approximate surface area is 172 Å². The van der Waals surface area contributed by atoms with Gasteiger partial charge in [-0.15, -0.1) is 0 Å². The molecule has 8 heteroatoms. The van der Waals surface area contributed by atoms with Crippen molar-refractivity contribution in [2.45, 2.75) is 6.92 Å². The molecule has 1 aliphatic rings. The molecule has 0 saturated heterocycles. The van der Waals surface area contributed by atoms with E-state index in [-0.39, 0.29) is 11.6 Å². The minimum atomic E-state index is -0.552. The molecule has 0 unspecified atom stereocenters. The number of halogens is 2. The summed E-state index contributed by atoms with van der Waals surface area (Å²) in [6.45, 7) is 1.32. The molecule has 3 rings (SSSR count). The van der Waals surface area contributed by atoms with Crippen molar-refractivity contribution in [3.05, 3.63) is 62.2 Å². The Morgan fingerprint density at radius 3 is 2.52 bits per heavy atom. The van der Waals surface area contributed by atoms with E-state index in [1.807, 2.05) is 0 Å². The zero-order valence-electron chi connectivity index (χ0n) is 14.3. The third-order valence-electron chi connectivity index (χ3n) is 3.51. The highest BCUT2D eigenvalue weighted by atomic mass is 79.9. The Morgan fingerprint density at radius 2 is 1.89 bits per heavy atom. The van der Waals surface area contributed by atoms with Crippen molar-refractivity contribution in [3.63, 3.8) is 0 Å². The summed E-state index contributed by atoms with van der Waals surface area (Å²) in [5.74, 6) is 0.218. The summed E-state index contributed by atoms with van der Waals surface area (Å²) in [7, 11) is 1.56. The molecule has 0 spiro atoms. The van der Waals surface area contributed by atoms with Crippen molar-refractivity contribution in [1.82, 2.24) is 0 Å². The summed E-state index contributed by atoms with van der Waals surface area (Å²) in [4.78, 5) is 27.6. The average Bonchev–Trinajstić information content (AvgIpc) is 2.99. The molecule has 0 N–H and O–H groups in total. The number of ether oxygens (including phenoxy) is 3. The molecule has 0 aliphatic carbocycles. The Hall–Kier alpha value is -2.45. The monoisotopic (exact) mass is 493 g/mol. The average molecular weight is 495 g/mol. The van der Waals surface area contributed by atoms with Crippen LogP contribution < -0.4 is 9.47 Å². The Balaban J connectivity index is 1.93. The standard InChI is InChI=1S/C19H13Br2NO5/c1-10(23)26-17-14(20)6-11(7-15(17)21)8-16-19(24)27-18(22-16)12-4-3-5-13(9-12)25-2/h3-9H,1-2H3/b16-8+. The fourth-order valence-corrected chi connectivity index (χ4v) is 3.73. The van der Waals surface area contributed by atoms with Gasteiger partial charge in [-0.2, -0.15) is 0 Å². The van der Waals surface area contributed by atoms with Crippen LogP contribution in [0, 0.1) is 0 Å². The van der Waals surface area contributed by atoms with Crippen LogP contribution in [0.3, 0.4) is 0 Å². The minimum Gasteiger partial charge on any atom is -0.497 e. The first-order valence-corrected chi connectivity index (χ1v) is 9.30. The molecule has 0 radical (unpaired) electrons. The smallest absolute Gasteiger partial charge is 0.363 e. The fraction of sp³-hybridized carbons (Fsp3) is 0.105. The van der Waals surface area contributed by atoms with Gasteiger partial charge in [0.25, 0.3) is 0 Å². The van der Waals surface area contributed by atoms with Gasteiger partial charge in [-0.1, -0.05) is 6.07 Å². The van der Waals surface area contributed by atoms with E-state index in [2.05, 4.69) is 36.9 Å². The zero-order valence-corrected chi connectivity index (χ0v) is 17.5. The number of rotatable bonds is 4. The lowest BCUT2D eigenvalue weighted by atomic mass is 10.2. The van der Waals surface area contributed by atoms with Crippen LogP contribution in [0.1, 0.15) is 18.1 Å². The maximum absolute atomic E-state index is 12.2. The molecular weight excluding hydrogens is 482 g/mol. The number of aliphatic imine (C=N–C) groups is 1. The molecule has 27 heavy (non-hydrogen) atoms. The van der Waals surface area contributed by atoms with Crippen LogP contribution in [0.25, 0.3) is 6.08 Å². The molecule has 1 aliphatic heterocycles. The first-order valence-electron chi connectivity index (χ1n) is 7.72. The van der Waals surface area contributed by atoms with Crippen molar-refractivity contribution < 1.29 is 23.8 Å². The van der Waals surface area contributed by atoms with E-state index in [1.54, 1.807) is 49.6 Å². The van der Waals surface area contributed by atoms with Crippen LogP contribution >= 0.6 is 31.9 Å². The molecule has 138 valence electrons. The van der Waals surface area contributed by atoms with Crippen molar-refractivity contribution in [2.75, 3.05) is 7.11 Å². The first-order chi connectivity index (χ1) is 12.9. The van der Waals surface area contributed by atoms with Crippen LogP contribution in [-0.4, -0.2) is 24.9 Å². The van der Waals surface area contributed by atoms with E-state index >= 15 is 0 Å². The summed E-state index contributed by atoms with van der Waals surface area (Å²) in [6, 6.07) is 10.5. The van der Waals surface area contributed by atoms with Crippen molar-refractivity contribution in [1.29, 1.82) is 0 Å². The SMILES string of the molecule is COc1cccc(C2=N/C(=C/c3cc(Br)c(OC(C)=O)c(Br)c3)C(=O)O2)c1. The molecule has 0 saturated carbocycles. The van der Waals surface area contributed by atoms with Gasteiger partial charge >= 0.3 is 11.9 Å². The molecule has 0 fully saturated rings. The van der Waals surface area contributed by atoms with E-state index in [1.165, 1.54) is 6.92 Å². The lowest BCUT2D eigenvalue weighted by Crippen LogP contribution is -2.05. The van der Waals surface area contributed by atoms with Gasteiger partial charge in [0.15, 0.2) is 11.4 Å². The van der Waals surface area contributed by atoms with Gasteiger partial charge in [0.1, 0.15) is 5.75 Å². The molecular formula is C19H13Br2NO5. The molecule has 0 amide bonds. The minimum absolute atomic E-state index is 0.159. The van der Waals surface area contributed by atoms with Gasteiger partial charge in [0.05, 0.1) is 16.1 Å². The predicted octanol–water partition coefficient (Wildman–Crippen LogP) is 4.49. The molecule has 2 aromatic carbocycles. The van der Waals surface area contributed by atoms with E-state index in [0.29, 0.717) is 31.6 Å². The van der Waals surface area contributed by atoms with Crippen LogP contribution in [-0.2, 0) is 14.3 Å². The van der Waals surface area contributed by atoms with Crippen LogP contribution in [0.15, 0.2) is 56.0 Å². The van der Waals surface area contributed by atoms with E-state index < -0.39 is 11.9 Å². The number of cyclic esters (lactones) is 1. The highest BCUT2D eigenvalue weighted by Crippen LogP contribution is 2.36. The highest BCUT2D eigenvalue weighted by Gasteiger charge is 2.24. The quantitative estimate of drug-likeness (QED) is 0.355. The molecule has 0 bridgehead atoms. The summed E-state index contributed by atoms with van der Waals surface area (Å²) in [6.07, 6.45) is 1.59. The van der Waals surface area contributed by atoms with Crippen LogP contribution in [0.4, 0.5) is 0 Å². The second-order valence-corrected chi connectivity index (χ2v) is 7.18. The maximum atomic E-state index is 12.2. The normalized spacial score (nSPS) is 14.7. The molecule has 2 aromatic rings. The Morgan fingerprint density at radius 1 is 1.19 bits per heavy atom. The van der Waals surface area contributed by atoms with Gasteiger partial charge in [-0.25, -0.2) is 9.79 Å². The number of carbonyl (C=O) groups excluding carboxylic acids is 2. The Kier molecular flexibility index (Phi) is 5.76. The number of methoxy groups -OCH3 is 1. The van der Waals surface area contributed by atoms with E-state index in [9.17, 15) is 9.59 Å².